The van der Waals surface area contributed by atoms with Crippen molar-refractivity contribution in [3.8, 4) is 0 Å². The predicted molar refractivity (Wildman–Crippen MR) is 74.2 cm³/mol. The summed E-state index contributed by atoms with van der Waals surface area (Å²) in [5.74, 6) is 3.05. The van der Waals surface area contributed by atoms with Crippen LogP contribution in [0.15, 0.2) is 22.7 Å². The highest BCUT2D eigenvalue weighted by Gasteiger charge is 2.03. The van der Waals surface area contributed by atoms with Gasteiger partial charge in [0.25, 0.3) is 0 Å². The van der Waals surface area contributed by atoms with Gasteiger partial charge in [-0.2, -0.15) is 11.8 Å². The van der Waals surface area contributed by atoms with Crippen molar-refractivity contribution in [3.05, 3.63) is 28.2 Å². The van der Waals surface area contributed by atoms with Crippen molar-refractivity contribution in [2.24, 2.45) is 5.92 Å². The maximum Gasteiger partial charge on any atom is 0.0461 e. The van der Waals surface area contributed by atoms with E-state index in [0.29, 0.717) is 0 Å². The first-order chi connectivity index (χ1) is 7.11. The molecule has 0 atom stereocenters. The molecule has 0 fully saturated rings. The summed E-state index contributed by atoms with van der Waals surface area (Å²) in [5, 5.41) is 0. The van der Waals surface area contributed by atoms with Crippen molar-refractivity contribution < 1.29 is 0 Å². The number of thioether (sulfide) groups is 1. The van der Waals surface area contributed by atoms with Crippen LogP contribution < -0.4 is 5.73 Å². The molecular formula is C12H18BrNS. The van der Waals surface area contributed by atoms with Crippen molar-refractivity contribution >= 4 is 33.4 Å². The van der Waals surface area contributed by atoms with Gasteiger partial charge in [0.05, 0.1) is 0 Å². The summed E-state index contributed by atoms with van der Waals surface area (Å²) in [6.07, 6.45) is 1.28. The molecule has 15 heavy (non-hydrogen) atoms. The number of nitrogens with two attached hydrogens (primary N) is 1. The van der Waals surface area contributed by atoms with Gasteiger partial charge in [-0.25, -0.2) is 0 Å². The van der Waals surface area contributed by atoms with E-state index in [4.69, 9.17) is 5.73 Å². The Labute approximate surface area is 105 Å². The summed E-state index contributed by atoms with van der Waals surface area (Å²) >= 11 is 5.49. The maximum atomic E-state index is 5.82. The molecule has 1 rings (SSSR count). The fourth-order valence-electron chi connectivity index (χ4n) is 1.21. The van der Waals surface area contributed by atoms with E-state index in [0.717, 1.165) is 21.8 Å². The standard InChI is InChI=1S/C12H18BrNS/c1-9(2)6-7-15-8-10-4-3-5-11(14)12(10)13/h3-5,9H,6-8,14H2,1-2H3. The summed E-state index contributed by atoms with van der Waals surface area (Å²) in [4.78, 5) is 0. The van der Waals surface area contributed by atoms with E-state index in [1.807, 2.05) is 23.9 Å². The molecule has 2 N–H and O–H groups in total. The minimum Gasteiger partial charge on any atom is -0.398 e. The number of benzene rings is 1. The molecule has 0 aliphatic heterocycles. The zero-order chi connectivity index (χ0) is 11.3. The monoisotopic (exact) mass is 287 g/mol. The SMILES string of the molecule is CC(C)CCSCc1cccc(N)c1Br. The first-order valence-electron chi connectivity index (χ1n) is 5.22. The van der Waals surface area contributed by atoms with Gasteiger partial charge in [0.2, 0.25) is 0 Å². The van der Waals surface area contributed by atoms with Crippen LogP contribution in [0.2, 0.25) is 0 Å². The molecule has 0 bridgehead atoms. The van der Waals surface area contributed by atoms with Crippen LogP contribution in [0.1, 0.15) is 25.8 Å². The molecule has 0 saturated carbocycles. The summed E-state index contributed by atoms with van der Waals surface area (Å²) in [6, 6.07) is 6.06. The second-order valence-corrected chi connectivity index (χ2v) is 5.95. The maximum absolute atomic E-state index is 5.82. The molecule has 0 unspecified atom stereocenters. The Morgan fingerprint density at radius 2 is 2.13 bits per heavy atom. The van der Waals surface area contributed by atoms with Crippen LogP contribution >= 0.6 is 27.7 Å². The third-order valence-corrected chi connectivity index (χ3v) is 4.21. The highest BCUT2D eigenvalue weighted by Crippen LogP contribution is 2.27. The van der Waals surface area contributed by atoms with Crippen LogP contribution in [0.3, 0.4) is 0 Å². The van der Waals surface area contributed by atoms with Crippen LogP contribution in [0.25, 0.3) is 0 Å². The van der Waals surface area contributed by atoms with Gasteiger partial charge >= 0.3 is 0 Å². The van der Waals surface area contributed by atoms with Gasteiger partial charge in [-0.15, -0.1) is 0 Å². The molecule has 3 heteroatoms. The number of hydrogen-bond donors (Lipinski definition) is 1. The lowest BCUT2D eigenvalue weighted by Gasteiger charge is -2.07. The second-order valence-electron chi connectivity index (χ2n) is 4.06. The quantitative estimate of drug-likeness (QED) is 0.645. The second kappa shape index (κ2) is 6.44. The van der Waals surface area contributed by atoms with Crippen molar-refractivity contribution in [2.45, 2.75) is 26.0 Å². The summed E-state index contributed by atoms with van der Waals surface area (Å²) in [7, 11) is 0. The van der Waals surface area contributed by atoms with Gasteiger partial charge in [0.15, 0.2) is 0 Å². The molecule has 1 nitrogen and oxygen atoms in total. The average molecular weight is 288 g/mol. The fraction of sp³-hybridized carbons (Fsp3) is 0.500. The van der Waals surface area contributed by atoms with Crippen molar-refractivity contribution in [2.75, 3.05) is 11.5 Å². The molecular weight excluding hydrogens is 270 g/mol. The van der Waals surface area contributed by atoms with E-state index in [1.54, 1.807) is 0 Å². The van der Waals surface area contributed by atoms with Crippen LogP contribution in [0.4, 0.5) is 5.69 Å². The third kappa shape index (κ3) is 4.47. The van der Waals surface area contributed by atoms with E-state index in [-0.39, 0.29) is 0 Å². The van der Waals surface area contributed by atoms with E-state index in [9.17, 15) is 0 Å². The summed E-state index contributed by atoms with van der Waals surface area (Å²) in [6.45, 7) is 4.52. The average Bonchev–Trinajstić information content (AvgIpc) is 2.18. The molecule has 0 aliphatic rings. The Morgan fingerprint density at radius 1 is 1.40 bits per heavy atom. The molecule has 0 aliphatic carbocycles. The van der Waals surface area contributed by atoms with Crippen molar-refractivity contribution in [3.63, 3.8) is 0 Å². The van der Waals surface area contributed by atoms with E-state index in [2.05, 4.69) is 35.8 Å². The topological polar surface area (TPSA) is 26.0 Å². The number of anilines is 1. The molecule has 1 aromatic carbocycles. The Morgan fingerprint density at radius 3 is 2.80 bits per heavy atom. The predicted octanol–water partition coefficient (Wildman–Crippen LogP) is 4.31. The van der Waals surface area contributed by atoms with Crippen LogP contribution in [0.5, 0.6) is 0 Å². The van der Waals surface area contributed by atoms with Gasteiger partial charge in [0, 0.05) is 15.9 Å². The number of rotatable bonds is 5. The first-order valence-corrected chi connectivity index (χ1v) is 7.16. The minimum atomic E-state index is 0.793. The highest BCUT2D eigenvalue weighted by molar-refractivity contribution is 9.10. The van der Waals surface area contributed by atoms with E-state index >= 15 is 0 Å². The molecule has 84 valence electrons. The molecule has 0 amide bonds. The molecule has 0 spiro atoms. The van der Waals surface area contributed by atoms with Gasteiger partial charge in [-0.3, -0.25) is 0 Å². The number of nitrogen functional groups attached to an aromatic ring is 1. The van der Waals surface area contributed by atoms with E-state index in [1.165, 1.54) is 17.7 Å². The summed E-state index contributed by atoms with van der Waals surface area (Å²) in [5.41, 5.74) is 7.94. The highest BCUT2D eigenvalue weighted by atomic mass is 79.9. The fourth-order valence-corrected chi connectivity index (χ4v) is 3.05. The van der Waals surface area contributed by atoms with Crippen LogP contribution in [0, 0.1) is 5.92 Å². The van der Waals surface area contributed by atoms with E-state index < -0.39 is 0 Å². The lowest BCUT2D eigenvalue weighted by atomic mass is 10.2. The smallest absolute Gasteiger partial charge is 0.0461 e. The molecule has 0 saturated heterocycles. The molecule has 1 aromatic rings. The number of hydrogen-bond acceptors (Lipinski definition) is 2. The lowest BCUT2D eigenvalue weighted by molar-refractivity contribution is 0.632. The van der Waals surface area contributed by atoms with Crippen molar-refractivity contribution in [1.29, 1.82) is 0 Å². The Hall–Kier alpha value is -0.150. The van der Waals surface area contributed by atoms with Crippen molar-refractivity contribution in [1.82, 2.24) is 0 Å². The van der Waals surface area contributed by atoms with Gasteiger partial charge in [-0.05, 0) is 45.7 Å². The zero-order valence-electron chi connectivity index (χ0n) is 9.29. The largest absolute Gasteiger partial charge is 0.398 e. The van der Waals surface area contributed by atoms with Gasteiger partial charge in [-0.1, -0.05) is 26.0 Å². The Balaban J connectivity index is 2.41. The number of halogens is 1. The first kappa shape index (κ1) is 12.9. The Bertz CT molecular complexity index is 312. The zero-order valence-corrected chi connectivity index (χ0v) is 11.7. The Kier molecular flexibility index (Phi) is 5.54. The van der Waals surface area contributed by atoms with Crippen LogP contribution in [-0.2, 0) is 5.75 Å². The van der Waals surface area contributed by atoms with Gasteiger partial charge < -0.3 is 5.73 Å². The third-order valence-electron chi connectivity index (χ3n) is 2.21. The lowest BCUT2D eigenvalue weighted by Crippen LogP contribution is -1.93. The summed E-state index contributed by atoms with van der Waals surface area (Å²) < 4.78 is 1.06. The molecule has 0 radical (unpaired) electrons. The van der Waals surface area contributed by atoms with Gasteiger partial charge in [0.1, 0.15) is 0 Å². The minimum absolute atomic E-state index is 0.793. The molecule has 0 heterocycles. The van der Waals surface area contributed by atoms with Crippen LogP contribution in [-0.4, -0.2) is 5.75 Å². The normalized spacial score (nSPS) is 10.9. The molecule has 0 aromatic heterocycles.